The fourth-order valence-electron chi connectivity index (χ4n) is 5.22. The van der Waals surface area contributed by atoms with E-state index in [9.17, 15) is 4.79 Å². The van der Waals surface area contributed by atoms with E-state index in [1.54, 1.807) is 0 Å². The van der Waals surface area contributed by atoms with Crippen LogP contribution in [0.5, 0.6) is 0 Å². The van der Waals surface area contributed by atoms with Crippen molar-refractivity contribution in [2.24, 2.45) is 22.7 Å². The molecule has 0 aromatic heterocycles. The minimum Gasteiger partial charge on any atom is -0.373 e. The Morgan fingerprint density at radius 3 is 3.06 bits per heavy atom. The van der Waals surface area contributed by atoms with E-state index in [0.29, 0.717) is 17.4 Å². The zero-order valence-corrected chi connectivity index (χ0v) is 9.86. The van der Waals surface area contributed by atoms with Crippen molar-refractivity contribution in [3.63, 3.8) is 0 Å². The molecule has 2 aliphatic heterocycles. The van der Waals surface area contributed by atoms with Crippen LogP contribution in [0.4, 0.5) is 0 Å². The minimum absolute atomic E-state index is 0.0387. The zero-order valence-electron chi connectivity index (χ0n) is 9.86. The first-order valence-corrected chi connectivity index (χ1v) is 6.60. The predicted molar refractivity (Wildman–Crippen MR) is 61.7 cm³/mol. The SMILES string of the molecule is CC1(C=O)CCC23CCC1C2N1C=CC3C1. The first-order valence-electron chi connectivity index (χ1n) is 6.60. The van der Waals surface area contributed by atoms with Gasteiger partial charge in [-0.3, -0.25) is 0 Å². The van der Waals surface area contributed by atoms with Crippen molar-refractivity contribution in [1.29, 1.82) is 0 Å². The molecule has 0 aromatic rings. The first-order chi connectivity index (χ1) is 7.70. The van der Waals surface area contributed by atoms with Crippen LogP contribution in [0.25, 0.3) is 0 Å². The number of hydrogen-bond acceptors (Lipinski definition) is 2. The summed E-state index contributed by atoms with van der Waals surface area (Å²) in [6, 6.07) is 0.687. The molecule has 16 heavy (non-hydrogen) atoms. The summed E-state index contributed by atoms with van der Waals surface area (Å²) in [6.45, 7) is 3.42. The van der Waals surface area contributed by atoms with Crippen molar-refractivity contribution in [3.8, 4) is 0 Å². The molecule has 1 saturated heterocycles. The van der Waals surface area contributed by atoms with E-state index in [-0.39, 0.29) is 5.41 Å². The molecular weight excluding hydrogens is 198 g/mol. The van der Waals surface area contributed by atoms with Crippen LogP contribution >= 0.6 is 0 Å². The Bertz CT molecular complexity index is 390. The van der Waals surface area contributed by atoms with Gasteiger partial charge in [0.05, 0.1) is 0 Å². The predicted octanol–water partition coefficient (Wildman–Crippen LogP) is 2.21. The van der Waals surface area contributed by atoms with Gasteiger partial charge in [-0.1, -0.05) is 13.0 Å². The maximum atomic E-state index is 11.4. The van der Waals surface area contributed by atoms with Gasteiger partial charge in [-0.25, -0.2) is 0 Å². The van der Waals surface area contributed by atoms with Crippen LogP contribution < -0.4 is 0 Å². The van der Waals surface area contributed by atoms with Gasteiger partial charge >= 0.3 is 0 Å². The highest BCUT2D eigenvalue weighted by Crippen LogP contribution is 2.67. The Kier molecular flexibility index (Phi) is 1.47. The summed E-state index contributed by atoms with van der Waals surface area (Å²) in [5.41, 5.74) is 0.519. The summed E-state index contributed by atoms with van der Waals surface area (Å²) in [5, 5.41) is 0. The van der Waals surface area contributed by atoms with Crippen LogP contribution in [0.1, 0.15) is 32.6 Å². The van der Waals surface area contributed by atoms with Gasteiger partial charge in [0.25, 0.3) is 0 Å². The van der Waals surface area contributed by atoms with E-state index in [1.165, 1.54) is 32.1 Å². The molecule has 0 N–H and O–H groups in total. The standard InChI is InChI=1S/C14H19NO/c1-13(9-16)5-6-14-4-2-11(13)12(14)15-7-3-10(14)8-15/h3,7,9-12H,2,4-6,8H2,1H3. The van der Waals surface area contributed by atoms with Crippen molar-refractivity contribution in [3.05, 3.63) is 12.3 Å². The highest BCUT2D eigenvalue weighted by molar-refractivity contribution is 5.60. The van der Waals surface area contributed by atoms with Crippen LogP contribution in [0.2, 0.25) is 0 Å². The molecule has 5 unspecified atom stereocenters. The van der Waals surface area contributed by atoms with Crippen molar-refractivity contribution in [2.45, 2.75) is 38.6 Å². The smallest absolute Gasteiger partial charge is 0.126 e. The van der Waals surface area contributed by atoms with E-state index >= 15 is 0 Å². The fraction of sp³-hybridized carbons (Fsp3) is 0.786. The molecule has 4 bridgehead atoms. The molecule has 0 amide bonds. The average molecular weight is 217 g/mol. The third kappa shape index (κ3) is 0.781. The van der Waals surface area contributed by atoms with Crippen LogP contribution in [0.3, 0.4) is 0 Å². The number of nitrogens with zero attached hydrogens (tertiary/aromatic N) is 1. The van der Waals surface area contributed by atoms with E-state index in [0.717, 1.165) is 12.3 Å². The lowest BCUT2D eigenvalue weighted by Gasteiger charge is -2.48. The largest absolute Gasteiger partial charge is 0.373 e. The number of carbonyl (C=O) groups excluding carboxylic acids is 1. The van der Waals surface area contributed by atoms with Gasteiger partial charge < -0.3 is 9.69 Å². The highest BCUT2D eigenvalue weighted by Gasteiger charge is 2.66. The van der Waals surface area contributed by atoms with E-state index < -0.39 is 0 Å². The minimum atomic E-state index is -0.0387. The molecule has 5 atom stereocenters. The Morgan fingerprint density at radius 2 is 2.25 bits per heavy atom. The average Bonchev–Trinajstić information content (AvgIpc) is 2.95. The van der Waals surface area contributed by atoms with Crippen LogP contribution in [-0.4, -0.2) is 23.8 Å². The maximum Gasteiger partial charge on any atom is 0.126 e. The lowest BCUT2D eigenvalue weighted by Crippen LogP contribution is -2.50. The Balaban J connectivity index is 1.82. The van der Waals surface area contributed by atoms with Gasteiger partial charge in [0.15, 0.2) is 0 Å². The Morgan fingerprint density at radius 1 is 1.38 bits per heavy atom. The molecule has 0 aromatic carbocycles. The summed E-state index contributed by atoms with van der Waals surface area (Å²) in [6.07, 6.45) is 11.0. The summed E-state index contributed by atoms with van der Waals surface area (Å²) in [4.78, 5) is 14.0. The lowest BCUT2D eigenvalue weighted by atomic mass is 9.58. The molecule has 2 saturated carbocycles. The van der Waals surface area contributed by atoms with Gasteiger partial charge in [0.2, 0.25) is 0 Å². The number of rotatable bonds is 1. The number of fused-ring (bicyclic) bond motifs is 2. The molecular formula is C14H19NO. The van der Waals surface area contributed by atoms with Crippen LogP contribution in [0.15, 0.2) is 12.3 Å². The molecule has 86 valence electrons. The Labute approximate surface area is 96.7 Å². The van der Waals surface area contributed by atoms with Crippen molar-refractivity contribution in [2.75, 3.05) is 6.54 Å². The van der Waals surface area contributed by atoms with Gasteiger partial charge in [-0.2, -0.15) is 0 Å². The molecule has 2 heterocycles. The molecule has 4 aliphatic rings. The summed E-state index contributed by atoms with van der Waals surface area (Å²) >= 11 is 0. The second kappa shape index (κ2) is 2.55. The summed E-state index contributed by atoms with van der Waals surface area (Å²) < 4.78 is 0. The van der Waals surface area contributed by atoms with Gasteiger partial charge in [-0.05, 0) is 43.2 Å². The van der Waals surface area contributed by atoms with Crippen molar-refractivity contribution < 1.29 is 4.79 Å². The topological polar surface area (TPSA) is 20.3 Å². The van der Waals surface area contributed by atoms with E-state index in [4.69, 9.17) is 0 Å². The second-order valence-electron chi connectivity index (χ2n) is 6.59. The van der Waals surface area contributed by atoms with E-state index in [2.05, 4.69) is 24.1 Å². The molecule has 2 aliphatic carbocycles. The number of aldehydes is 1. The van der Waals surface area contributed by atoms with E-state index in [1.807, 2.05) is 0 Å². The molecule has 0 spiro atoms. The second-order valence-corrected chi connectivity index (χ2v) is 6.59. The van der Waals surface area contributed by atoms with Crippen molar-refractivity contribution in [1.82, 2.24) is 4.90 Å². The van der Waals surface area contributed by atoms with Gasteiger partial charge in [0, 0.05) is 23.9 Å². The molecule has 4 rings (SSSR count). The van der Waals surface area contributed by atoms with Gasteiger partial charge in [0.1, 0.15) is 6.29 Å². The van der Waals surface area contributed by atoms with Crippen LogP contribution in [0, 0.1) is 22.7 Å². The zero-order chi connectivity index (χ0) is 11.0. The molecule has 3 fully saturated rings. The molecule has 2 nitrogen and oxygen atoms in total. The van der Waals surface area contributed by atoms with Crippen LogP contribution in [-0.2, 0) is 4.79 Å². The monoisotopic (exact) mass is 217 g/mol. The fourth-order valence-corrected chi connectivity index (χ4v) is 5.22. The summed E-state index contributed by atoms with van der Waals surface area (Å²) in [7, 11) is 0. The lowest BCUT2D eigenvalue weighted by molar-refractivity contribution is -0.122. The summed E-state index contributed by atoms with van der Waals surface area (Å²) in [5.74, 6) is 1.41. The third-order valence-corrected chi connectivity index (χ3v) is 6.15. The highest BCUT2D eigenvalue weighted by atomic mass is 16.1. The molecule has 2 heteroatoms. The number of hydrogen-bond donors (Lipinski definition) is 0. The Hall–Kier alpha value is -0.790. The molecule has 0 radical (unpaired) electrons. The maximum absolute atomic E-state index is 11.4. The third-order valence-electron chi connectivity index (χ3n) is 6.15. The number of carbonyl (C=O) groups is 1. The normalized spacial score (nSPS) is 56.8. The quantitative estimate of drug-likeness (QED) is 0.628. The van der Waals surface area contributed by atoms with Crippen molar-refractivity contribution >= 4 is 6.29 Å². The first kappa shape index (κ1) is 9.26. The van der Waals surface area contributed by atoms with Gasteiger partial charge in [-0.15, -0.1) is 0 Å².